The Bertz CT molecular complexity index is 1030. The number of rotatable bonds is 5. The van der Waals surface area contributed by atoms with Gasteiger partial charge in [0.1, 0.15) is 34.3 Å². The fourth-order valence-electron chi connectivity index (χ4n) is 3.20. The average Bonchev–Trinajstić information content (AvgIpc) is 3.16. The van der Waals surface area contributed by atoms with Gasteiger partial charge in [-0.3, -0.25) is 4.99 Å². The first-order chi connectivity index (χ1) is 15.0. The Labute approximate surface area is 185 Å². The summed E-state index contributed by atoms with van der Waals surface area (Å²) in [7, 11) is 0. The van der Waals surface area contributed by atoms with E-state index in [9.17, 15) is 9.59 Å². The first-order valence-corrected chi connectivity index (χ1v) is 10.1. The summed E-state index contributed by atoms with van der Waals surface area (Å²) >= 11 is 0. The van der Waals surface area contributed by atoms with Crippen molar-refractivity contribution in [3.8, 4) is 11.5 Å². The zero-order chi connectivity index (χ0) is 23.5. The van der Waals surface area contributed by atoms with E-state index in [1.165, 1.54) is 30.5 Å². The predicted octanol–water partition coefficient (Wildman–Crippen LogP) is 2.87. The minimum absolute atomic E-state index is 0.142. The van der Waals surface area contributed by atoms with E-state index in [0.717, 1.165) is 0 Å². The lowest BCUT2D eigenvalue weighted by molar-refractivity contribution is 0.0292. The maximum atomic E-state index is 12.3. The van der Waals surface area contributed by atoms with Crippen molar-refractivity contribution in [3.05, 3.63) is 47.7 Å². The summed E-state index contributed by atoms with van der Waals surface area (Å²) in [4.78, 5) is 33.5. The first-order valence-electron chi connectivity index (χ1n) is 10.1. The van der Waals surface area contributed by atoms with Crippen LogP contribution in [0.15, 0.2) is 41.5 Å². The number of likely N-dealkylation sites (tertiary alicyclic amines) is 1. The smallest absolute Gasteiger partial charge is 0.410 e. The highest BCUT2D eigenvalue weighted by Crippen LogP contribution is 2.29. The van der Waals surface area contributed by atoms with Crippen LogP contribution in [0.3, 0.4) is 0 Å². The molecule has 0 spiro atoms. The summed E-state index contributed by atoms with van der Waals surface area (Å²) < 4.78 is 11.3. The van der Waals surface area contributed by atoms with Gasteiger partial charge < -0.3 is 30.9 Å². The van der Waals surface area contributed by atoms with Crippen LogP contribution in [0, 0.1) is 0 Å². The third-order valence-corrected chi connectivity index (χ3v) is 4.66. The monoisotopic (exact) mass is 441 g/mol. The van der Waals surface area contributed by atoms with Gasteiger partial charge in [-0.2, -0.15) is 0 Å². The van der Waals surface area contributed by atoms with Crippen LogP contribution in [0.5, 0.6) is 11.5 Å². The van der Waals surface area contributed by atoms with E-state index in [-0.39, 0.29) is 29.4 Å². The third kappa shape index (κ3) is 5.65. The molecular formula is C22H27N5O5. The van der Waals surface area contributed by atoms with Crippen molar-refractivity contribution >= 4 is 23.7 Å². The summed E-state index contributed by atoms with van der Waals surface area (Å²) in [5.41, 5.74) is 12.2. The topological polar surface area (TPSA) is 153 Å². The lowest BCUT2D eigenvalue weighted by atomic mass is 10.2. The highest BCUT2D eigenvalue weighted by molar-refractivity contribution is 6.04. The molecule has 10 heteroatoms. The van der Waals surface area contributed by atoms with Crippen molar-refractivity contribution < 1.29 is 24.2 Å². The van der Waals surface area contributed by atoms with Gasteiger partial charge in [0.2, 0.25) is 0 Å². The number of pyridine rings is 1. The van der Waals surface area contributed by atoms with Crippen LogP contribution in [0.25, 0.3) is 0 Å². The zero-order valence-corrected chi connectivity index (χ0v) is 18.2. The molecule has 1 fully saturated rings. The Morgan fingerprint density at radius 2 is 1.91 bits per heavy atom. The van der Waals surface area contributed by atoms with Crippen molar-refractivity contribution in [3.63, 3.8) is 0 Å². The van der Waals surface area contributed by atoms with E-state index in [4.69, 9.17) is 26.0 Å². The maximum Gasteiger partial charge on any atom is 0.410 e. The van der Waals surface area contributed by atoms with Crippen molar-refractivity contribution in [2.45, 2.75) is 38.8 Å². The fraction of sp³-hybridized carbons (Fsp3) is 0.364. The number of carbonyl (C=O) groups is 2. The van der Waals surface area contributed by atoms with E-state index in [1.807, 2.05) is 20.8 Å². The van der Waals surface area contributed by atoms with Crippen molar-refractivity contribution in [2.24, 2.45) is 10.7 Å². The van der Waals surface area contributed by atoms with Gasteiger partial charge in [-0.25, -0.2) is 14.6 Å². The number of anilines is 1. The Morgan fingerprint density at radius 3 is 2.53 bits per heavy atom. The van der Waals surface area contributed by atoms with Crippen LogP contribution in [0.4, 0.5) is 10.6 Å². The average molecular weight is 441 g/mol. The molecule has 5 N–H and O–H groups in total. The van der Waals surface area contributed by atoms with Crippen LogP contribution in [-0.2, 0) is 4.74 Å². The number of nitrogens with zero attached hydrogens (tertiary/aromatic N) is 3. The van der Waals surface area contributed by atoms with Crippen molar-refractivity contribution in [1.82, 2.24) is 9.88 Å². The SMILES string of the molecule is CC(C)(C)OC(=O)N1CCC(N=C(N)c2c(Oc3ccc(C(=O)O)cc3)ccnc2N)C1. The molecule has 1 aromatic carbocycles. The number of aromatic carboxylic acids is 1. The minimum atomic E-state index is -1.03. The van der Waals surface area contributed by atoms with E-state index < -0.39 is 11.6 Å². The van der Waals surface area contributed by atoms with Gasteiger partial charge >= 0.3 is 12.1 Å². The van der Waals surface area contributed by atoms with Crippen molar-refractivity contribution in [2.75, 3.05) is 18.8 Å². The lowest BCUT2D eigenvalue weighted by Gasteiger charge is -2.24. The van der Waals surface area contributed by atoms with Gasteiger partial charge in [0.15, 0.2) is 0 Å². The maximum absolute atomic E-state index is 12.3. The highest BCUT2D eigenvalue weighted by atomic mass is 16.6. The summed E-state index contributed by atoms with van der Waals surface area (Å²) in [6, 6.07) is 7.32. The summed E-state index contributed by atoms with van der Waals surface area (Å²) in [6.07, 6.45) is 1.73. The Kier molecular flexibility index (Phi) is 6.52. The summed E-state index contributed by atoms with van der Waals surface area (Å²) in [5, 5.41) is 9.03. The Balaban J connectivity index is 1.77. The van der Waals surface area contributed by atoms with Gasteiger partial charge in [0.25, 0.3) is 0 Å². The minimum Gasteiger partial charge on any atom is -0.478 e. The number of nitrogens with two attached hydrogens (primary N) is 2. The predicted molar refractivity (Wildman–Crippen MR) is 119 cm³/mol. The Hall–Kier alpha value is -3.82. The van der Waals surface area contributed by atoms with Gasteiger partial charge in [0, 0.05) is 25.4 Å². The van der Waals surface area contributed by atoms with Gasteiger partial charge in [0.05, 0.1) is 11.6 Å². The molecule has 1 aromatic heterocycles. The number of nitrogen functional groups attached to an aromatic ring is 1. The molecule has 1 amide bonds. The van der Waals surface area contributed by atoms with E-state index >= 15 is 0 Å². The largest absolute Gasteiger partial charge is 0.478 e. The lowest BCUT2D eigenvalue weighted by Crippen LogP contribution is -2.35. The number of aliphatic imine (C=N–C) groups is 1. The number of amidine groups is 1. The molecule has 0 aliphatic carbocycles. The number of ether oxygens (including phenoxy) is 2. The molecule has 2 aromatic rings. The van der Waals surface area contributed by atoms with Crippen molar-refractivity contribution in [1.29, 1.82) is 0 Å². The zero-order valence-electron chi connectivity index (χ0n) is 18.2. The molecular weight excluding hydrogens is 414 g/mol. The molecule has 32 heavy (non-hydrogen) atoms. The van der Waals surface area contributed by atoms with Gasteiger partial charge in [-0.1, -0.05) is 0 Å². The number of aromatic nitrogens is 1. The molecule has 1 unspecified atom stereocenters. The molecule has 0 bridgehead atoms. The number of carboxylic acid groups (broad SMARTS) is 1. The van der Waals surface area contributed by atoms with E-state index in [2.05, 4.69) is 9.98 Å². The number of amides is 1. The molecule has 10 nitrogen and oxygen atoms in total. The summed E-state index contributed by atoms with van der Waals surface area (Å²) in [5.74, 6) is 0.00546. The first kappa shape index (κ1) is 22.9. The molecule has 1 aliphatic rings. The highest BCUT2D eigenvalue weighted by Gasteiger charge is 2.30. The normalized spacial score (nSPS) is 16.7. The van der Waals surface area contributed by atoms with Crippen LogP contribution < -0.4 is 16.2 Å². The van der Waals surface area contributed by atoms with Crippen LogP contribution in [-0.4, -0.2) is 57.6 Å². The Morgan fingerprint density at radius 1 is 1.22 bits per heavy atom. The van der Waals surface area contributed by atoms with Gasteiger partial charge in [-0.15, -0.1) is 0 Å². The van der Waals surface area contributed by atoms with Crippen LogP contribution >= 0.6 is 0 Å². The van der Waals surface area contributed by atoms with E-state index in [1.54, 1.807) is 11.0 Å². The molecule has 2 heterocycles. The number of carbonyl (C=O) groups excluding carboxylic acids is 1. The molecule has 170 valence electrons. The number of benzene rings is 1. The second kappa shape index (κ2) is 9.13. The standard InChI is InChI=1S/C22H27N5O5/c1-22(2,3)32-21(30)27-11-9-14(12-27)26-19(24)17-16(8-10-25-18(17)23)31-15-6-4-13(5-7-15)20(28)29/h4-8,10,14H,9,11-12H2,1-3H3,(H2,23,25)(H2,24,26)(H,28,29). The number of hydrogen-bond acceptors (Lipinski definition) is 7. The molecule has 1 aliphatic heterocycles. The number of hydrogen-bond donors (Lipinski definition) is 3. The second-order valence-electron chi connectivity index (χ2n) is 8.38. The van der Waals surface area contributed by atoms with E-state index in [0.29, 0.717) is 36.6 Å². The fourth-order valence-corrected chi connectivity index (χ4v) is 3.20. The molecule has 0 saturated carbocycles. The molecule has 1 saturated heterocycles. The third-order valence-electron chi connectivity index (χ3n) is 4.66. The quantitative estimate of drug-likeness (QED) is 0.473. The van der Waals surface area contributed by atoms with Gasteiger partial charge in [-0.05, 0) is 51.5 Å². The molecule has 3 rings (SSSR count). The molecule has 1 atom stereocenters. The second-order valence-corrected chi connectivity index (χ2v) is 8.38. The molecule has 0 radical (unpaired) electrons. The number of carboxylic acids is 1. The van der Waals surface area contributed by atoms with Crippen LogP contribution in [0.1, 0.15) is 43.1 Å². The van der Waals surface area contributed by atoms with Crippen LogP contribution in [0.2, 0.25) is 0 Å². The summed E-state index contributed by atoms with van der Waals surface area (Å²) in [6.45, 7) is 6.34.